The number of hydrogen-bond acceptors (Lipinski definition) is 8. The molecule has 256 valence electrons. The van der Waals surface area contributed by atoms with E-state index in [1.807, 2.05) is 30.3 Å². The predicted molar refractivity (Wildman–Crippen MR) is 174 cm³/mol. The molecule has 2 saturated heterocycles. The van der Waals surface area contributed by atoms with Crippen LogP contribution in [0, 0.1) is 5.92 Å². The van der Waals surface area contributed by atoms with E-state index in [4.69, 9.17) is 14.9 Å². The molecular weight excluding hydrogens is 610 g/mol. The number of aliphatic hydroxyl groups is 1. The summed E-state index contributed by atoms with van der Waals surface area (Å²) in [6.07, 6.45) is -1.24. The molecule has 46 heavy (non-hydrogen) atoms. The Balaban J connectivity index is 1.71. The molecule has 0 saturated carbocycles. The number of primary amides is 1. The quantitative estimate of drug-likeness (QED) is 0.245. The summed E-state index contributed by atoms with van der Waals surface area (Å²) in [5.41, 5.74) is 6.13. The summed E-state index contributed by atoms with van der Waals surface area (Å²) in [7, 11) is -2.34. The topological polar surface area (TPSA) is 181 Å². The van der Waals surface area contributed by atoms with Crippen LogP contribution in [0.15, 0.2) is 30.3 Å². The molecule has 2 fully saturated rings. The summed E-state index contributed by atoms with van der Waals surface area (Å²) in [6, 6.07) is 6.07. The van der Waals surface area contributed by atoms with Crippen LogP contribution in [0.3, 0.4) is 0 Å². The number of benzene rings is 1. The fourth-order valence-electron chi connectivity index (χ4n) is 5.56. The number of amides is 5. The van der Waals surface area contributed by atoms with E-state index in [9.17, 15) is 29.1 Å². The van der Waals surface area contributed by atoms with Crippen LogP contribution in [-0.2, 0) is 34.9 Å². The molecule has 0 unspecified atom stereocenters. The van der Waals surface area contributed by atoms with Crippen molar-refractivity contribution in [1.82, 2.24) is 20.4 Å². The third-order valence-corrected chi connectivity index (χ3v) is 13.9. The second kappa shape index (κ2) is 15.4. The summed E-state index contributed by atoms with van der Waals surface area (Å²) in [5, 5.41) is 14.9. The Morgan fingerprint density at radius 3 is 2.26 bits per heavy atom. The first kappa shape index (κ1) is 37.0. The number of carbonyl (C=O) groups excluding carboxylic acids is 5. The molecule has 2 aliphatic heterocycles. The van der Waals surface area contributed by atoms with Crippen LogP contribution in [0.2, 0.25) is 18.1 Å². The van der Waals surface area contributed by atoms with E-state index in [1.54, 1.807) is 11.8 Å². The summed E-state index contributed by atoms with van der Waals surface area (Å²) >= 11 is 0. The minimum Gasteiger partial charge on any atom is -0.445 e. The monoisotopic (exact) mass is 661 g/mol. The van der Waals surface area contributed by atoms with E-state index in [0.29, 0.717) is 25.8 Å². The zero-order valence-corrected chi connectivity index (χ0v) is 29.1. The molecule has 0 radical (unpaired) electrons. The van der Waals surface area contributed by atoms with E-state index in [0.717, 1.165) is 5.56 Å². The first-order valence-corrected chi connectivity index (χ1v) is 18.9. The highest BCUT2D eigenvalue weighted by atomic mass is 28.4. The lowest BCUT2D eigenvalue weighted by atomic mass is 10.1. The van der Waals surface area contributed by atoms with E-state index in [2.05, 4.69) is 44.5 Å². The number of nitrogens with one attached hydrogen (secondary N) is 2. The van der Waals surface area contributed by atoms with E-state index in [-0.39, 0.29) is 36.5 Å². The maximum Gasteiger partial charge on any atom is 0.408 e. The number of alkyl carbamates (subject to hydrolysis) is 1. The Morgan fingerprint density at radius 2 is 1.67 bits per heavy atom. The number of likely N-dealkylation sites (tertiary alicyclic amines) is 2. The molecule has 5 N–H and O–H groups in total. The van der Waals surface area contributed by atoms with Gasteiger partial charge in [0.05, 0.1) is 18.1 Å². The second-order valence-electron chi connectivity index (χ2n) is 13.9. The summed E-state index contributed by atoms with van der Waals surface area (Å²) in [6.45, 7) is 14.3. The van der Waals surface area contributed by atoms with Crippen molar-refractivity contribution >= 4 is 38.0 Å². The van der Waals surface area contributed by atoms with Crippen molar-refractivity contribution < 1.29 is 38.2 Å². The first-order chi connectivity index (χ1) is 21.4. The molecule has 1 aromatic carbocycles. The summed E-state index contributed by atoms with van der Waals surface area (Å²) < 4.78 is 11.9. The van der Waals surface area contributed by atoms with Crippen molar-refractivity contribution in [3.63, 3.8) is 0 Å². The zero-order valence-electron chi connectivity index (χ0n) is 28.1. The van der Waals surface area contributed by atoms with Crippen LogP contribution in [0.25, 0.3) is 0 Å². The normalized spacial score (nSPS) is 21.2. The Labute approximate surface area is 272 Å². The molecular formula is C32H51N5O8Si. The number of carbonyl (C=O) groups is 5. The highest BCUT2D eigenvalue weighted by molar-refractivity contribution is 6.74. The SMILES string of the molecule is C[C@@H](O)[C@H](NC(=O)[C@H]1CCCN1C(=O)[C@H]1CCN(C(=O)[C@@H](NC(=O)OCc2ccccc2)[C@@H](C)O[Si](C)(C)C(C)(C)C)C1)C(N)=O. The lowest BCUT2D eigenvalue weighted by molar-refractivity contribution is -0.142. The van der Waals surface area contributed by atoms with Gasteiger partial charge in [-0.15, -0.1) is 0 Å². The van der Waals surface area contributed by atoms with Crippen molar-refractivity contribution in [2.45, 2.75) is 109 Å². The van der Waals surface area contributed by atoms with Crippen molar-refractivity contribution in [1.29, 1.82) is 0 Å². The van der Waals surface area contributed by atoms with Crippen LogP contribution >= 0.6 is 0 Å². The van der Waals surface area contributed by atoms with Gasteiger partial charge in [-0.3, -0.25) is 19.2 Å². The maximum absolute atomic E-state index is 14.0. The predicted octanol–water partition coefficient (Wildman–Crippen LogP) is 1.88. The average Bonchev–Trinajstić information content (AvgIpc) is 3.67. The molecule has 6 atom stereocenters. The molecule has 2 aliphatic rings. The fraction of sp³-hybridized carbons (Fsp3) is 0.656. The van der Waals surface area contributed by atoms with E-state index in [1.165, 1.54) is 11.8 Å². The molecule has 0 aliphatic carbocycles. The van der Waals surface area contributed by atoms with Gasteiger partial charge in [-0.25, -0.2) is 4.79 Å². The van der Waals surface area contributed by atoms with Gasteiger partial charge in [0, 0.05) is 19.6 Å². The largest absolute Gasteiger partial charge is 0.445 e. The van der Waals surface area contributed by atoms with Gasteiger partial charge in [-0.2, -0.15) is 0 Å². The number of ether oxygens (including phenoxy) is 1. The van der Waals surface area contributed by atoms with Crippen LogP contribution in [0.5, 0.6) is 0 Å². The van der Waals surface area contributed by atoms with Gasteiger partial charge < -0.3 is 40.4 Å². The van der Waals surface area contributed by atoms with Crippen LogP contribution in [-0.4, -0.2) is 103 Å². The third kappa shape index (κ3) is 9.29. The highest BCUT2D eigenvalue weighted by Gasteiger charge is 2.45. The molecule has 2 heterocycles. The number of aliphatic hydroxyl groups excluding tert-OH is 1. The van der Waals surface area contributed by atoms with Gasteiger partial charge in [0.2, 0.25) is 23.6 Å². The van der Waals surface area contributed by atoms with Crippen molar-refractivity contribution in [3.8, 4) is 0 Å². The van der Waals surface area contributed by atoms with Crippen molar-refractivity contribution in [2.75, 3.05) is 19.6 Å². The Bertz CT molecular complexity index is 1250. The maximum atomic E-state index is 14.0. The van der Waals surface area contributed by atoms with Crippen molar-refractivity contribution in [3.05, 3.63) is 35.9 Å². The zero-order chi connectivity index (χ0) is 34.4. The lowest BCUT2D eigenvalue weighted by Gasteiger charge is -2.40. The minimum atomic E-state index is -2.34. The van der Waals surface area contributed by atoms with Gasteiger partial charge in [0.25, 0.3) is 0 Å². The number of nitrogens with two attached hydrogens (primary N) is 1. The standard InChI is InChI=1S/C32H51N5O8Si/c1-20(38)25(27(33)39)34-28(40)24-14-11-16-37(24)29(41)23-15-17-36(18-23)30(42)26(21(2)45-46(6,7)32(3,4)5)35-31(43)44-19-22-12-9-8-10-13-22/h8-10,12-13,20-21,23-26,38H,11,14-19H2,1-7H3,(H2,33,39)(H,34,40)(H,35,43)/t20-,21-,23+,24-,25+,26+/m1/s1. The van der Waals surface area contributed by atoms with Crippen LogP contribution in [0.1, 0.15) is 59.4 Å². The van der Waals surface area contributed by atoms with Gasteiger partial charge in [-0.1, -0.05) is 51.1 Å². The summed E-state index contributed by atoms with van der Waals surface area (Å²) in [5.74, 6) is -2.63. The number of nitrogens with zero attached hydrogens (tertiary/aromatic N) is 2. The van der Waals surface area contributed by atoms with Crippen LogP contribution < -0.4 is 16.4 Å². The van der Waals surface area contributed by atoms with Gasteiger partial charge >= 0.3 is 6.09 Å². The van der Waals surface area contributed by atoms with Crippen molar-refractivity contribution in [2.24, 2.45) is 11.7 Å². The smallest absolute Gasteiger partial charge is 0.408 e. The lowest BCUT2D eigenvalue weighted by Crippen LogP contribution is -2.57. The molecule has 0 spiro atoms. The number of hydrogen-bond donors (Lipinski definition) is 4. The highest BCUT2D eigenvalue weighted by Crippen LogP contribution is 2.38. The Hall–Kier alpha value is -3.49. The number of rotatable bonds is 12. The molecule has 5 amide bonds. The first-order valence-electron chi connectivity index (χ1n) is 15.9. The molecule has 3 rings (SSSR count). The van der Waals surface area contributed by atoms with Gasteiger partial charge in [0.1, 0.15) is 24.7 Å². The Morgan fingerprint density at radius 1 is 1.02 bits per heavy atom. The fourth-order valence-corrected chi connectivity index (χ4v) is 6.98. The van der Waals surface area contributed by atoms with Gasteiger partial charge in [-0.05, 0) is 56.8 Å². The second-order valence-corrected chi connectivity index (χ2v) is 18.6. The molecule has 1 aromatic rings. The molecule has 14 heteroatoms. The summed E-state index contributed by atoms with van der Waals surface area (Å²) in [4.78, 5) is 68.3. The molecule has 13 nitrogen and oxygen atoms in total. The third-order valence-electron chi connectivity index (χ3n) is 9.28. The minimum absolute atomic E-state index is 0.0350. The molecule has 0 bridgehead atoms. The molecule has 0 aromatic heterocycles. The van der Waals surface area contributed by atoms with Crippen LogP contribution in [0.4, 0.5) is 4.79 Å². The van der Waals surface area contributed by atoms with E-state index < -0.39 is 62.5 Å². The Kier molecular flexibility index (Phi) is 12.4. The van der Waals surface area contributed by atoms with Gasteiger partial charge in [0.15, 0.2) is 8.32 Å². The average molecular weight is 662 g/mol. The van der Waals surface area contributed by atoms with E-state index >= 15 is 0 Å².